The van der Waals surface area contributed by atoms with E-state index in [9.17, 15) is 0 Å². The lowest BCUT2D eigenvalue weighted by Crippen LogP contribution is -2.37. The molecular formula is C15H18N2O3S. The van der Waals surface area contributed by atoms with Crippen molar-refractivity contribution in [3.63, 3.8) is 0 Å². The average molecular weight is 306 g/mol. The summed E-state index contributed by atoms with van der Waals surface area (Å²) in [5, 5.41) is 6.68. The molecule has 0 saturated carbocycles. The highest BCUT2D eigenvalue weighted by Crippen LogP contribution is 2.25. The molecule has 0 aliphatic heterocycles. The molecule has 0 amide bonds. The predicted octanol–water partition coefficient (Wildman–Crippen LogP) is 2.33. The Hall–Kier alpha value is -2.21. The van der Waals surface area contributed by atoms with Crippen LogP contribution < -0.4 is 20.1 Å². The van der Waals surface area contributed by atoms with E-state index in [1.54, 1.807) is 13.4 Å². The van der Waals surface area contributed by atoms with Gasteiger partial charge in [-0.2, -0.15) is 0 Å². The van der Waals surface area contributed by atoms with Crippen molar-refractivity contribution in [1.29, 1.82) is 0 Å². The molecule has 0 saturated heterocycles. The quantitative estimate of drug-likeness (QED) is 0.605. The number of methoxy groups -OCH3 is 1. The van der Waals surface area contributed by atoms with E-state index in [4.69, 9.17) is 26.1 Å². The van der Waals surface area contributed by atoms with Gasteiger partial charge in [0.05, 0.1) is 26.5 Å². The number of ether oxygens (including phenoxy) is 2. The Kier molecular flexibility index (Phi) is 5.90. The predicted molar refractivity (Wildman–Crippen MR) is 84.6 cm³/mol. The van der Waals surface area contributed by atoms with Crippen molar-refractivity contribution in [2.24, 2.45) is 0 Å². The van der Waals surface area contributed by atoms with Crippen LogP contribution in [0.2, 0.25) is 0 Å². The van der Waals surface area contributed by atoms with Crippen LogP contribution in [0.5, 0.6) is 11.5 Å². The third-order valence-corrected chi connectivity index (χ3v) is 3.01. The summed E-state index contributed by atoms with van der Waals surface area (Å²) in [5.41, 5.74) is 0. The van der Waals surface area contributed by atoms with Crippen molar-refractivity contribution in [3.05, 3.63) is 48.4 Å². The third-order valence-electron chi connectivity index (χ3n) is 2.72. The Labute approximate surface area is 129 Å². The lowest BCUT2D eigenvalue weighted by molar-refractivity contribution is 0.298. The normalized spacial score (nSPS) is 9.95. The zero-order valence-corrected chi connectivity index (χ0v) is 12.6. The summed E-state index contributed by atoms with van der Waals surface area (Å²) >= 11 is 5.16. The molecule has 0 aliphatic carbocycles. The molecular weight excluding hydrogens is 288 g/mol. The molecule has 6 heteroatoms. The molecule has 0 spiro atoms. The molecule has 5 nitrogen and oxygen atoms in total. The van der Waals surface area contributed by atoms with Crippen molar-refractivity contribution >= 4 is 17.3 Å². The van der Waals surface area contributed by atoms with Crippen LogP contribution in [-0.2, 0) is 6.54 Å². The van der Waals surface area contributed by atoms with Crippen molar-refractivity contribution in [2.75, 3.05) is 20.3 Å². The number of rotatable bonds is 7. The van der Waals surface area contributed by atoms with Crippen molar-refractivity contribution in [3.8, 4) is 11.5 Å². The molecule has 2 aromatic rings. The van der Waals surface area contributed by atoms with E-state index in [0.717, 1.165) is 17.3 Å². The molecule has 1 heterocycles. The van der Waals surface area contributed by atoms with E-state index in [0.29, 0.717) is 24.8 Å². The Morgan fingerprint density at radius 1 is 1.14 bits per heavy atom. The van der Waals surface area contributed by atoms with E-state index >= 15 is 0 Å². The van der Waals surface area contributed by atoms with Gasteiger partial charge in [0.1, 0.15) is 12.4 Å². The second-order valence-corrected chi connectivity index (χ2v) is 4.60. The van der Waals surface area contributed by atoms with Crippen LogP contribution in [0.15, 0.2) is 47.1 Å². The number of benzene rings is 1. The van der Waals surface area contributed by atoms with Crippen LogP contribution in [0.25, 0.3) is 0 Å². The lowest BCUT2D eigenvalue weighted by atomic mass is 10.3. The van der Waals surface area contributed by atoms with Gasteiger partial charge in [0.2, 0.25) is 0 Å². The summed E-state index contributed by atoms with van der Waals surface area (Å²) in [6.07, 6.45) is 1.63. The molecule has 0 bridgehead atoms. The van der Waals surface area contributed by atoms with E-state index in [-0.39, 0.29) is 0 Å². The van der Waals surface area contributed by atoms with Gasteiger partial charge in [0, 0.05) is 0 Å². The maximum absolute atomic E-state index is 5.64. The topological polar surface area (TPSA) is 55.7 Å². The Bertz CT molecular complexity index is 558. The van der Waals surface area contributed by atoms with Gasteiger partial charge in [-0.1, -0.05) is 12.1 Å². The first kappa shape index (κ1) is 15.2. The maximum atomic E-state index is 5.64. The number of furan rings is 1. The third kappa shape index (κ3) is 5.00. The minimum absolute atomic E-state index is 0.489. The number of nitrogens with one attached hydrogen (secondary N) is 2. The molecule has 0 unspecified atom stereocenters. The van der Waals surface area contributed by atoms with Crippen LogP contribution in [-0.4, -0.2) is 25.4 Å². The summed E-state index contributed by atoms with van der Waals surface area (Å²) in [7, 11) is 1.62. The Morgan fingerprint density at radius 3 is 2.67 bits per heavy atom. The number of thiocarbonyl (C=S) groups is 1. The first-order valence-corrected chi connectivity index (χ1v) is 7.00. The monoisotopic (exact) mass is 306 g/mol. The van der Waals surface area contributed by atoms with Gasteiger partial charge in [-0.3, -0.25) is 0 Å². The Balaban J connectivity index is 1.64. The van der Waals surface area contributed by atoms with E-state index in [2.05, 4.69) is 10.6 Å². The van der Waals surface area contributed by atoms with E-state index in [1.165, 1.54) is 0 Å². The van der Waals surface area contributed by atoms with Crippen LogP contribution in [0.4, 0.5) is 0 Å². The highest BCUT2D eigenvalue weighted by atomic mass is 32.1. The molecule has 1 aromatic carbocycles. The standard InChI is InChI=1S/C15H18N2O3S/c1-18-13-6-2-3-7-14(13)20-10-8-16-15(21)17-11-12-5-4-9-19-12/h2-7,9H,8,10-11H2,1H3,(H2,16,17,21). The van der Waals surface area contributed by atoms with Crippen molar-refractivity contribution < 1.29 is 13.9 Å². The first-order chi connectivity index (χ1) is 10.3. The maximum Gasteiger partial charge on any atom is 0.166 e. The van der Waals surface area contributed by atoms with Gasteiger partial charge >= 0.3 is 0 Å². The minimum atomic E-state index is 0.489. The highest BCUT2D eigenvalue weighted by Gasteiger charge is 2.02. The lowest BCUT2D eigenvalue weighted by Gasteiger charge is -2.12. The Morgan fingerprint density at radius 2 is 1.95 bits per heavy atom. The molecule has 2 rings (SSSR count). The summed E-state index contributed by atoms with van der Waals surface area (Å²) < 4.78 is 16.0. The van der Waals surface area contributed by atoms with E-state index in [1.807, 2.05) is 36.4 Å². The molecule has 0 fully saturated rings. The van der Waals surface area contributed by atoms with Gasteiger partial charge in [0.25, 0.3) is 0 Å². The van der Waals surface area contributed by atoms with Gasteiger partial charge < -0.3 is 24.5 Å². The average Bonchev–Trinajstić information content (AvgIpc) is 3.03. The molecule has 2 N–H and O–H groups in total. The van der Waals surface area contributed by atoms with Crippen molar-refractivity contribution in [1.82, 2.24) is 10.6 Å². The number of hydrogen-bond donors (Lipinski definition) is 2. The summed E-state index contributed by atoms with van der Waals surface area (Å²) in [6, 6.07) is 11.3. The van der Waals surface area contributed by atoms with Crippen LogP contribution in [0.3, 0.4) is 0 Å². The van der Waals surface area contributed by atoms with Crippen LogP contribution in [0, 0.1) is 0 Å². The molecule has 0 radical (unpaired) electrons. The summed E-state index contributed by atoms with van der Waals surface area (Å²) in [6.45, 7) is 1.65. The van der Waals surface area contributed by atoms with Crippen molar-refractivity contribution in [2.45, 2.75) is 6.54 Å². The fraction of sp³-hybridized carbons (Fsp3) is 0.267. The van der Waals surface area contributed by atoms with Gasteiger partial charge in [-0.05, 0) is 36.5 Å². The summed E-state index contributed by atoms with van der Waals surface area (Å²) in [4.78, 5) is 0. The minimum Gasteiger partial charge on any atom is -0.493 e. The molecule has 112 valence electrons. The second-order valence-electron chi connectivity index (χ2n) is 4.19. The molecule has 0 aliphatic rings. The van der Waals surface area contributed by atoms with Crippen LogP contribution in [0.1, 0.15) is 5.76 Å². The molecule has 21 heavy (non-hydrogen) atoms. The largest absolute Gasteiger partial charge is 0.493 e. The SMILES string of the molecule is COc1ccccc1OCCNC(=S)NCc1ccco1. The summed E-state index contributed by atoms with van der Waals surface area (Å²) in [5.74, 6) is 2.27. The van der Waals surface area contributed by atoms with Gasteiger partial charge in [-0.15, -0.1) is 0 Å². The van der Waals surface area contributed by atoms with Gasteiger partial charge in [-0.25, -0.2) is 0 Å². The zero-order chi connectivity index (χ0) is 14.9. The number of hydrogen-bond acceptors (Lipinski definition) is 4. The highest BCUT2D eigenvalue weighted by molar-refractivity contribution is 7.80. The van der Waals surface area contributed by atoms with E-state index < -0.39 is 0 Å². The van der Waals surface area contributed by atoms with Gasteiger partial charge in [0.15, 0.2) is 16.6 Å². The van der Waals surface area contributed by atoms with Crippen LogP contribution >= 0.6 is 12.2 Å². The molecule has 0 atom stereocenters. The smallest absolute Gasteiger partial charge is 0.166 e. The fourth-order valence-electron chi connectivity index (χ4n) is 1.71. The number of para-hydroxylation sites is 2. The fourth-order valence-corrected chi connectivity index (χ4v) is 1.88. The molecule has 1 aromatic heterocycles. The first-order valence-electron chi connectivity index (χ1n) is 6.59. The second kappa shape index (κ2) is 8.16. The zero-order valence-electron chi connectivity index (χ0n) is 11.8.